The van der Waals surface area contributed by atoms with E-state index in [9.17, 15) is 22.4 Å². The molecular formula is C15H11F4NO. The summed E-state index contributed by atoms with van der Waals surface area (Å²) in [4.78, 5) is 16.2. The van der Waals surface area contributed by atoms with Crippen molar-refractivity contribution in [3.8, 4) is 0 Å². The second kappa shape index (κ2) is 5.63. The molecule has 1 atom stereocenters. The Morgan fingerprint density at radius 1 is 1.14 bits per heavy atom. The maximum Gasteiger partial charge on any atom is 0.419 e. The van der Waals surface area contributed by atoms with Crippen LogP contribution in [0.15, 0.2) is 42.6 Å². The van der Waals surface area contributed by atoms with Crippen LogP contribution in [0.2, 0.25) is 0 Å². The van der Waals surface area contributed by atoms with Crippen molar-refractivity contribution in [3.05, 3.63) is 65.2 Å². The lowest BCUT2D eigenvalue weighted by atomic mass is 9.94. The summed E-state index contributed by atoms with van der Waals surface area (Å²) in [6.45, 7) is 1.48. The third-order valence-corrected chi connectivity index (χ3v) is 3.09. The number of carbonyl (C=O) groups excluding carboxylic acids is 1. The van der Waals surface area contributed by atoms with Crippen LogP contribution in [0.4, 0.5) is 17.6 Å². The maximum absolute atomic E-state index is 13.9. The molecule has 0 radical (unpaired) electrons. The number of ketones is 1. The zero-order chi connectivity index (χ0) is 15.6. The average Bonchev–Trinajstić information content (AvgIpc) is 2.45. The van der Waals surface area contributed by atoms with Crippen LogP contribution in [0, 0.1) is 5.82 Å². The highest BCUT2D eigenvalue weighted by Crippen LogP contribution is 2.33. The fourth-order valence-electron chi connectivity index (χ4n) is 1.94. The molecule has 0 aliphatic carbocycles. The summed E-state index contributed by atoms with van der Waals surface area (Å²) in [6.07, 6.45) is -3.38. The predicted molar refractivity (Wildman–Crippen MR) is 68.4 cm³/mol. The van der Waals surface area contributed by atoms with Gasteiger partial charge >= 0.3 is 6.18 Å². The van der Waals surface area contributed by atoms with E-state index in [-0.39, 0.29) is 0 Å². The number of aromatic nitrogens is 1. The van der Waals surface area contributed by atoms with Crippen molar-refractivity contribution in [2.75, 3.05) is 0 Å². The van der Waals surface area contributed by atoms with Crippen LogP contribution >= 0.6 is 0 Å². The average molecular weight is 297 g/mol. The Balaban J connectivity index is 2.41. The Kier molecular flexibility index (Phi) is 4.06. The van der Waals surface area contributed by atoms with Crippen LogP contribution in [-0.4, -0.2) is 10.8 Å². The zero-order valence-corrected chi connectivity index (χ0v) is 11.0. The van der Waals surface area contributed by atoms with Gasteiger partial charge < -0.3 is 0 Å². The molecule has 0 saturated heterocycles. The first-order valence-corrected chi connectivity index (χ1v) is 6.13. The van der Waals surface area contributed by atoms with Gasteiger partial charge in [-0.15, -0.1) is 0 Å². The number of Topliss-reactive ketones (excluding diaryl/α,β-unsaturated/α-hetero) is 1. The lowest BCUT2D eigenvalue weighted by molar-refractivity contribution is -0.140. The normalized spacial score (nSPS) is 13.0. The number of nitrogens with zero attached hydrogens (tertiary/aromatic N) is 1. The second-order valence-electron chi connectivity index (χ2n) is 4.51. The third-order valence-electron chi connectivity index (χ3n) is 3.09. The highest BCUT2D eigenvalue weighted by molar-refractivity contribution is 6.00. The molecule has 2 aromatic rings. The van der Waals surface area contributed by atoms with Crippen LogP contribution < -0.4 is 0 Å². The van der Waals surface area contributed by atoms with E-state index in [0.717, 1.165) is 12.1 Å². The molecule has 1 unspecified atom stereocenters. The van der Waals surface area contributed by atoms with Gasteiger partial charge in [-0.25, -0.2) is 4.39 Å². The summed E-state index contributed by atoms with van der Waals surface area (Å²) in [5.74, 6) is -3.11. The molecule has 0 fully saturated rings. The standard InChI is InChI=1S/C15H11F4NO/c1-9(12-7-2-3-8-20-12)14(21)10-5-4-6-11(13(10)16)15(17,18)19/h2-9H,1H3. The van der Waals surface area contributed by atoms with Crippen LogP contribution in [0.1, 0.15) is 34.5 Å². The van der Waals surface area contributed by atoms with Crippen molar-refractivity contribution >= 4 is 5.78 Å². The fourth-order valence-corrected chi connectivity index (χ4v) is 1.94. The Hall–Kier alpha value is -2.24. The maximum atomic E-state index is 13.9. The highest BCUT2D eigenvalue weighted by atomic mass is 19.4. The number of rotatable bonds is 3. The third kappa shape index (κ3) is 3.09. The van der Waals surface area contributed by atoms with Crippen LogP contribution in [0.5, 0.6) is 0 Å². The first-order chi connectivity index (χ1) is 9.82. The molecule has 1 heterocycles. The van der Waals surface area contributed by atoms with Crippen molar-refractivity contribution in [2.24, 2.45) is 0 Å². The Bertz CT molecular complexity index is 652. The lowest BCUT2D eigenvalue weighted by Gasteiger charge is -2.13. The van der Waals surface area contributed by atoms with Gasteiger partial charge in [-0.3, -0.25) is 9.78 Å². The summed E-state index contributed by atoms with van der Waals surface area (Å²) in [5.41, 5.74) is -1.65. The molecule has 6 heteroatoms. The monoisotopic (exact) mass is 297 g/mol. The van der Waals surface area contributed by atoms with Crippen molar-refractivity contribution in [1.29, 1.82) is 0 Å². The van der Waals surface area contributed by atoms with Gasteiger partial charge in [0.05, 0.1) is 22.7 Å². The molecule has 0 aliphatic heterocycles. The minimum Gasteiger partial charge on any atom is -0.293 e. The van der Waals surface area contributed by atoms with E-state index >= 15 is 0 Å². The zero-order valence-electron chi connectivity index (χ0n) is 11.0. The van der Waals surface area contributed by atoms with Gasteiger partial charge in [0.2, 0.25) is 0 Å². The van der Waals surface area contributed by atoms with Crippen LogP contribution in [-0.2, 0) is 6.18 Å². The van der Waals surface area contributed by atoms with Crippen molar-refractivity contribution in [3.63, 3.8) is 0 Å². The van der Waals surface area contributed by atoms with Gasteiger partial charge in [-0.05, 0) is 31.2 Å². The number of hydrogen-bond donors (Lipinski definition) is 0. The van der Waals surface area contributed by atoms with Crippen LogP contribution in [0.3, 0.4) is 0 Å². The van der Waals surface area contributed by atoms with E-state index in [1.807, 2.05) is 0 Å². The minimum atomic E-state index is -4.84. The number of carbonyl (C=O) groups is 1. The topological polar surface area (TPSA) is 30.0 Å². The smallest absolute Gasteiger partial charge is 0.293 e. The van der Waals surface area contributed by atoms with Gasteiger partial charge in [-0.2, -0.15) is 13.2 Å². The van der Waals surface area contributed by atoms with E-state index in [1.165, 1.54) is 13.1 Å². The van der Waals surface area contributed by atoms with Gasteiger partial charge in [0.1, 0.15) is 5.82 Å². The number of pyridine rings is 1. The van der Waals surface area contributed by atoms with Gasteiger partial charge in [0.15, 0.2) is 5.78 Å². The van der Waals surface area contributed by atoms with Crippen molar-refractivity contribution < 1.29 is 22.4 Å². The van der Waals surface area contributed by atoms with E-state index in [4.69, 9.17) is 0 Å². The molecule has 2 nitrogen and oxygen atoms in total. The fraction of sp³-hybridized carbons (Fsp3) is 0.200. The SMILES string of the molecule is CC(C(=O)c1cccc(C(F)(F)F)c1F)c1ccccn1. The Morgan fingerprint density at radius 2 is 1.86 bits per heavy atom. The number of halogens is 4. The van der Waals surface area contributed by atoms with Crippen molar-refractivity contribution in [1.82, 2.24) is 4.98 Å². The molecule has 0 saturated carbocycles. The second-order valence-corrected chi connectivity index (χ2v) is 4.51. The molecule has 0 amide bonds. The molecule has 0 spiro atoms. The van der Waals surface area contributed by atoms with Gasteiger partial charge in [0, 0.05) is 6.20 Å². The number of hydrogen-bond acceptors (Lipinski definition) is 2. The molecule has 110 valence electrons. The Labute approximate surface area is 118 Å². The molecule has 0 N–H and O–H groups in total. The van der Waals surface area contributed by atoms with Crippen molar-refractivity contribution in [2.45, 2.75) is 19.0 Å². The lowest BCUT2D eigenvalue weighted by Crippen LogP contribution is -2.16. The minimum absolute atomic E-state index is 0.374. The molecule has 1 aromatic heterocycles. The molecule has 1 aromatic carbocycles. The highest BCUT2D eigenvalue weighted by Gasteiger charge is 2.36. The summed E-state index contributed by atoms with van der Waals surface area (Å²) < 4.78 is 51.9. The van der Waals surface area contributed by atoms with Gasteiger partial charge in [-0.1, -0.05) is 12.1 Å². The summed E-state index contributed by atoms with van der Waals surface area (Å²) >= 11 is 0. The molecular weight excluding hydrogens is 286 g/mol. The summed E-state index contributed by atoms with van der Waals surface area (Å²) in [5, 5.41) is 0. The van der Waals surface area contributed by atoms with E-state index < -0.39 is 34.8 Å². The van der Waals surface area contributed by atoms with E-state index in [2.05, 4.69) is 4.98 Å². The molecule has 21 heavy (non-hydrogen) atoms. The van der Waals surface area contributed by atoms with E-state index in [0.29, 0.717) is 11.8 Å². The van der Waals surface area contributed by atoms with Gasteiger partial charge in [0.25, 0.3) is 0 Å². The predicted octanol–water partition coefficient (Wildman–Crippen LogP) is 4.23. The van der Waals surface area contributed by atoms with Crippen LogP contribution in [0.25, 0.3) is 0 Å². The number of benzene rings is 1. The number of alkyl halides is 3. The quantitative estimate of drug-likeness (QED) is 0.627. The molecule has 0 aliphatic rings. The Morgan fingerprint density at radius 3 is 2.43 bits per heavy atom. The first kappa shape index (κ1) is 15.2. The first-order valence-electron chi connectivity index (χ1n) is 6.13. The largest absolute Gasteiger partial charge is 0.419 e. The molecule has 0 bridgehead atoms. The van der Waals surface area contributed by atoms with E-state index in [1.54, 1.807) is 18.2 Å². The molecule has 2 rings (SSSR count). The summed E-state index contributed by atoms with van der Waals surface area (Å²) in [6, 6.07) is 7.53. The summed E-state index contributed by atoms with van der Waals surface area (Å²) in [7, 11) is 0.